The van der Waals surface area contributed by atoms with Crippen molar-refractivity contribution >= 4 is 5.91 Å². The molecule has 1 aliphatic carbocycles. The fraction of sp³-hybridized carbons (Fsp3) is 0.909. The highest BCUT2D eigenvalue weighted by atomic mass is 19.4. The van der Waals surface area contributed by atoms with Crippen LogP contribution in [-0.4, -0.2) is 54.9 Å². The molecule has 1 atom stereocenters. The van der Waals surface area contributed by atoms with Gasteiger partial charge in [-0.15, -0.1) is 0 Å². The van der Waals surface area contributed by atoms with E-state index in [2.05, 4.69) is 5.32 Å². The van der Waals surface area contributed by atoms with Gasteiger partial charge in [0.15, 0.2) is 0 Å². The molecule has 1 amide bonds. The lowest BCUT2D eigenvalue weighted by Gasteiger charge is -2.31. The van der Waals surface area contributed by atoms with Crippen LogP contribution in [0.2, 0.25) is 0 Å². The fourth-order valence-electron chi connectivity index (χ4n) is 2.17. The number of morpholine rings is 1. The maximum atomic E-state index is 12.8. The van der Waals surface area contributed by atoms with E-state index < -0.39 is 17.8 Å². The van der Waals surface area contributed by atoms with Gasteiger partial charge in [0, 0.05) is 13.1 Å². The van der Waals surface area contributed by atoms with E-state index in [9.17, 15) is 18.0 Å². The van der Waals surface area contributed by atoms with E-state index in [1.807, 2.05) is 0 Å². The summed E-state index contributed by atoms with van der Waals surface area (Å²) in [5.41, 5.74) is -1.84. The van der Waals surface area contributed by atoms with Gasteiger partial charge in [0.25, 0.3) is 0 Å². The first kappa shape index (κ1) is 13.6. The number of hydrogen-bond acceptors (Lipinski definition) is 3. The van der Waals surface area contributed by atoms with Gasteiger partial charge in [-0.1, -0.05) is 0 Å². The topological polar surface area (TPSA) is 41.6 Å². The normalized spacial score (nSPS) is 24.8. The van der Waals surface area contributed by atoms with Crippen LogP contribution in [0.4, 0.5) is 13.2 Å². The summed E-state index contributed by atoms with van der Waals surface area (Å²) in [6.45, 7) is 3.28. The quantitative estimate of drug-likeness (QED) is 0.826. The Bertz CT molecular complexity index is 323. The maximum Gasteiger partial charge on any atom is 0.406 e. The molecular weight excluding hydrogens is 249 g/mol. The summed E-state index contributed by atoms with van der Waals surface area (Å²) in [6, 6.07) is -0.813. The van der Waals surface area contributed by atoms with Crippen molar-refractivity contribution in [3.63, 3.8) is 0 Å². The highest BCUT2D eigenvalue weighted by Crippen LogP contribution is 2.49. The summed E-state index contributed by atoms with van der Waals surface area (Å²) in [5, 5.41) is 2.45. The van der Waals surface area contributed by atoms with Crippen LogP contribution >= 0.6 is 0 Å². The average Bonchev–Trinajstić information content (AvgIpc) is 3.09. The van der Waals surface area contributed by atoms with Gasteiger partial charge >= 0.3 is 6.18 Å². The molecule has 7 heteroatoms. The molecule has 2 fully saturated rings. The van der Waals surface area contributed by atoms with Gasteiger partial charge in [-0.2, -0.15) is 13.2 Å². The second-order valence-electron chi connectivity index (χ2n) is 4.88. The monoisotopic (exact) mass is 266 g/mol. The Morgan fingerprint density at radius 2 is 1.89 bits per heavy atom. The van der Waals surface area contributed by atoms with Gasteiger partial charge < -0.3 is 9.64 Å². The van der Waals surface area contributed by atoms with Gasteiger partial charge in [0.05, 0.1) is 19.3 Å². The van der Waals surface area contributed by atoms with Crippen LogP contribution in [0.15, 0.2) is 0 Å². The number of carbonyl (C=O) groups is 1. The summed E-state index contributed by atoms with van der Waals surface area (Å²) in [4.78, 5) is 13.5. The first-order valence-corrected chi connectivity index (χ1v) is 6.07. The molecule has 18 heavy (non-hydrogen) atoms. The molecule has 104 valence electrons. The third-order valence-corrected chi connectivity index (χ3v) is 3.48. The van der Waals surface area contributed by atoms with Gasteiger partial charge in [-0.05, 0) is 19.8 Å². The van der Waals surface area contributed by atoms with Gasteiger partial charge in [0.2, 0.25) is 5.91 Å². The molecule has 2 aliphatic rings. The molecular formula is C11H17F3N2O2. The highest BCUT2D eigenvalue weighted by Gasteiger charge is 2.64. The number of carbonyl (C=O) groups excluding carboxylic acids is 1. The Hall–Kier alpha value is -0.820. The number of amides is 1. The van der Waals surface area contributed by atoms with Gasteiger partial charge in [0.1, 0.15) is 5.54 Å². The molecule has 1 N–H and O–H groups in total. The van der Waals surface area contributed by atoms with Crippen LogP contribution in [0.5, 0.6) is 0 Å². The first-order valence-electron chi connectivity index (χ1n) is 6.07. The third-order valence-electron chi connectivity index (χ3n) is 3.48. The largest absolute Gasteiger partial charge is 0.406 e. The number of halogens is 3. The predicted molar refractivity (Wildman–Crippen MR) is 58.0 cm³/mol. The fourth-order valence-corrected chi connectivity index (χ4v) is 2.17. The summed E-state index contributed by atoms with van der Waals surface area (Å²) >= 11 is 0. The smallest absolute Gasteiger partial charge is 0.378 e. The van der Waals surface area contributed by atoms with Crippen molar-refractivity contribution in [1.29, 1.82) is 0 Å². The predicted octanol–water partition coefficient (Wildman–Crippen LogP) is 0.918. The second-order valence-corrected chi connectivity index (χ2v) is 4.88. The zero-order valence-corrected chi connectivity index (χ0v) is 10.2. The SMILES string of the molecule is CC(NC1(C(F)(F)F)CC1)C(=O)N1CCOCC1. The van der Waals surface area contributed by atoms with Crippen molar-refractivity contribution in [3.8, 4) is 0 Å². The summed E-state index contributed by atoms with van der Waals surface area (Å²) in [7, 11) is 0. The molecule has 0 aromatic rings. The van der Waals surface area contributed by atoms with E-state index >= 15 is 0 Å². The molecule has 1 saturated heterocycles. The van der Waals surface area contributed by atoms with Crippen LogP contribution < -0.4 is 5.32 Å². The Kier molecular flexibility index (Phi) is 3.55. The molecule has 1 saturated carbocycles. The molecule has 1 heterocycles. The minimum absolute atomic E-state index is 0.0528. The molecule has 0 aromatic carbocycles. The van der Waals surface area contributed by atoms with Crippen molar-refractivity contribution in [2.24, 2.45) is 0 Å². The van der Waals surface area contributed by atoms with Crippen molar-refractivity contribution < 1.29 is 22.7 Å². The van der Waals surface area contributed by atoms with Crippen LogP contribution in [0.3, 0.4) is 0 Å². The Morgan fingerprint density at radius 3 is 2.33 bits per heavy atom. The lowest BCUT2D eigenvalue weighted by Crippen LogP contribution is -2.56. The number of hydrogen-bond donors (Lipinski definition) is 1. The second kappa shape index (κ2) is 4.70. The molecule has 0 spiro atoms. The molecule has 2 rings (SSSR count). The van der Waals surface area contributed by atoms with E-state index in [-0.39, 0.29) is 18.7 Å². The summed E-state index contributed by atoms with van der Waals surface area (Å²) in [6.07, 6.45) is -4.18. The zero-order chi connectivity index (χ0) is 13.4. The maximum absolute atomic E-state index is 12.8. The number of nitrogens with zero attached hydrogens (tertiary/aromatic N) is 1. The third kappa shape index (κ3) is 2.61. The molecule has 4 nitrogen and oxygen atoms in total. The summed E-state index contributed by atoms with van der Waals surface area (Å²) < 4.78 is 43.4. The van der Waals surface area contributed by atoms with Gasteiger partial charge in [-0.3, -0.25) is 10.1 Å². The van der Waals surface area contributed by atoms with Crippen molar-refractivity contribution in [2.45, 2.75) is 37.5 Å². The Balaban J connectivity index is 1.91. The van der Waals surface area contributed by atoms with E-state index in [0.717, 1.165) is 0 Å². The highest BCUT2D eigenvalue weighted by molar-refractivity contribution is 5.81. The molecule has 0 aromatic heterocycles. The Labute approximate surface area is 103 Å². The van der Waals surface area contributed by atoms with Crippen LogP contribution in [0.25, 0.3) is 0 Å². The molecule has 0 bridgehead atoms. The molecule has 1 aliphatic heterocycles. The minimum Gasteiger partial charge on any atom is -0.378 e. The number of ether oxygens (including phenoxy) is 1. The van der Waals surface area contributed by atoms with Crippen LogP contribution in [-0.2, 0) is 9.53 Å². The lowest BCUT2D eigenvalue weighted by atomic mass is 10.2. The molecule has 0 radical (unpaired) electrons. The van der Waals surface area contributed by atoms with Crippen molar-refractivity contribution in [1.82, 2.24) is 10.2 Å². The van der Waals surface area contributed by atoms with Gasteiger partial charge in [-0.25, -0.2) is 0 Å². The summed E-state index contributed by atoms with van der Waals surface area (Å²) in [5.74, 6) is -0.283. The standard InChI is InChI=1S/C11H17F3N2O2/c1-8(9(17)16-4-6-18-7-5-16)15-10(2-3-10)11(12,13)14/h8,15H,2-7H2,1H3. The lowest BCUT2D eigenvalue weighted by molar-refractivity contribution is -0.169. The average molecular weight is 266 g/mol. The van der Waals surface area contributed by atoms with Crippen LogP contribution in [0.1, 0.15) is 19.8 Å². The first-order chi connectivity index (χ1) is 8.36. The van der Waals surface area contributed by atoms with Crippen molar-refractivity contribution in [2.75, 3.05) is 26.3 Å². The van der Waals surface area contributed by atoms with E-state index in [1.165, 1.54) is 6.92 Å². The minimum atomic E-state index is -4.29. The van der Waals surface area contributed by atoms with E-state index in [4.69, 9.17) is 4.74 Å². The van der Waals surface area contributed by atoms with E-state index in [0.29, 0.717) is 26.3 Å². The number of alkyl halides is 3. The number of nitrogens with one attached hydrogen (secondary N) is 1. The Morgan fingerprint density at radius 1 is 1.33 bits per heavy atom. The zero-order valence-electron chi connectivity index (χ0n) is 10.2. The number of rotatable bonds is 3. The van der Waals surface area contributed by atoms with Crippen molar-refractivity contribution in [3.05, 3.63) is 0 Å². The van der Waals surface area contributed by atoms with Crippen LogP contribution in [0, 0.1) is 0 Å². The molecule has 1 unspecified atom stereocenters. The van der Waals surface area contributed by atoms with E-state index in [1.54, 1.807) is 4.90 Å².